The number of rotatable bonds is 6. The summed E-state index contributed by atoms with van der Waals surface area (Å²) >= 11 is 6.31. The second-order valence-corrected chi connectivity index (χ2v) is 5.91. The van der Waals surface area contributed by atoms with Gasteiger partial charge in [-0.25, -0.2) is 4.79 Å². The normalized spacial score (nSPS) is 12.7. The molecule has 2 rings (SSSR count). The first kappa shape index (κ1) is 20.1. The van der Waals surface area contributed by atoms with Crippen LogP contribution in [0.2, 0.25) is 5.02 Å². The zero-order valence-electron chi connectivity index (χ0n) is 14.5. The zero-order chi connectivity index (χ0) is 19.5. The molecule has 0 bridgehead atoms. The molecule has 1 N–H and O–H groups in total. The Balaban J connectivity index is 2.32. The molecule has 1 atom stereocenters. The van der Waals surface area contributed by atoms with Crippen LogP contribution in [0, 0.1) is 0 Å². The lowest BCUT2D eigenvalue weighted by Gasteiger charge is -2.18. The largest absolute Gasteiger partial charge is 0.461 e. The molecule has 0 aliphatic carbocycles. The highest BCUT2D eigenvalue weighted by Crippen LogP contribution is 2.32. The molecule has 1 aromatic carbocycles. The van der Waals surface area contributed by atoms with Gasteiger partial charge in [0, 0.05) is 17.8 Å². The molecule has 1 aromatic heterocycles. The Labute approximate surface area is 154 Å². The second kappa shape index (κ2) is 7.99. The van der Waals surface area contributed by atoms with Crippen molar-refractivity contribution in [2.45, 2.75) is 39.5 Å². The van der Waals surface area contributed by atoms with Crippen molar-refractivity contribution in [2.75, 3.05) is 11.9 Å². The van der Waals surface area contributed by atoms with Crippen molar-refractivity contribution in [3.8, 4) is 11.3 Å². The molecule has 0 radical (unpaired) electrons. The van der Waals surface area contributed by atoms with E-state index in [1.165, 1.54) is 12.1 Å². The van der Waals surface area contributed by atoms with Crippen LogP contribution in [0.15, 0.2) is 24.3 Å². The highest BCUT2D eigenvalue weighted by atomic mass is 35.5. The molecule has 142 valence electrons. The average Bonchev–Trinajstić information content (AvgIpc) is 2.91. The number of carbonyl (C=O) groups is 1. The molecule has 9 heteroatoms. The monoisotopic (exact) mass is 389 g/mol. The van der Waals surface area contributed by atoms with Gasteiger partial charge in [-0.3, -0.25) is 4.68 Å². The van der Waals surface area contributed by atoms with Crippen molar-refractivity contribution in [1.29, 1.82) is 0 Å². The highest BCUT2D eigenvalue weighted by molar-refractivity contribution is 6.35. The fourth-order valence-corrected chi connectivity index (χ4v) is 2.65. The SMILES string of the molecule is CCOC(=O)c1nn(CC)c(-c2ccc(N[C@H](C)C(F)(F)F)cc2)c1Cl. The predicted octanol–water partition coefficient (Wildman–Crippen LogP) is 4.76. The summed E-state index contributed by atoms with van der Waals surface area (Å²) < 4.78 is 44.4. The average molecular weight is 390 g/mol. The first-order valence-corrected chi connectivity index (χ1v) is 8.43. The van der Waals surface area contributed by atoms with Gasteiger partial charge in [0.15, 0.2) is 5.69 Å². The van der Waals surface area contributed by atoms with E-state index in [9.17, 15) is 18.0 Å². The number of hydrogen-bond acceptors (Lipinski definition) is 4. The number of alkyl halides is 3. The number of nitrogens with zero attached hydrogens (tertiary/aromatic N) is 2. The molecule has 0 spiro atoms. The van der Waals surface area contributed by atoms with Gasteiger partial charge in [-0.15, -0.1) is 0 Å². The van der Waals surface area contributed by atoms with E-state index in [1.807, 2.05) is 6.92 Å². The number of aryl methyl sites for hydroxylation is 1. The summed E-state index contributed by atoms with van der Waals surface area (Å²) in [7, 11) is 0. The van der Waals surface area contributed by atoms with Gasteiger partial charge in [0.05, 0.1) is 12.3 Å². The minimum absolute atomic E-state index is 0.0123. The van der Waals surface area contributed by atoms with E-state index in [4.69, 9.17) is 16.3 Å². The van der Waals surface area contributed by atoms with Crippen LogP contribution in [-0.2, 0) is 11.3 Å². The molecule has 0 unspecified atom stereocenters. The third-order valence-corrected chi connectivity index (χ3v) is 4.05. The van der Waals surface area contributed by atoms with E-state index in [2.05, 4.69) is 10.4 Å². The van der Waals surface area contributed by atoms with Crippen molar-refractivity contribution < 1.29 is 22.7 Å². The number of ether oxygens (including phenoxy) is 1. The minimum Gasteiger partial charge on any atom is -0.461 e. The highest BCUT2D eigenvalue weighted by Gasteiger charge is 2.35. The van der Waals surface area contributed by atoms with Gasteiger partial charge >= 0.3 is 12.1 Å². The maximum Gasteiger partial charge on any atom is 0.408 e. The summed E-state index contributed by atoms with van der Waals surface area (Å²) in [5.74, 6) is -0.622. The van der Waals surface area contributed by atoms with E-state index >= 15 is 0 Å². The van der Waals surface area contributed by atoms with Crippen LogP contribution in [-0.4, -0.2) is 34.6 Å². The Kier molecular flexibility index (Phi) is 6.17. The van der Waals surface area contributed by atoms with Crippen LogP contribution in [0.3, 0.4) is 0 Å². The molecule has 0 aliphatic heterocycles. The third-order valence-electron chi connectivity index (χ3n) is 3.70. The number of carbonyl (C=O) groups excluding carboxylic acids is 1. The van der Waals surface area contributed by atoms with E-state index < -0.39 is 18.2 Å². The van der Waals surface area contributed by atoms with Gasteiger partial charge in [-0.05, 0) is 32.9 Å². The molecule has 0 saturated heterocycles. The smallest absolute Gasteiger partial charge is 0.408 e. The van der Waals surface area contributed by atoms with Crippen LogP contribution in [0.25, 0.3) is 11.3 Å². The topological polar surface area (TPSA) is 56.1 Å². The Bertz CT molecular complexity index is 773. The summed E-state index contributed by atoms with van der Waals surface area (Å²) in [6.07, 6.45) is -4.34. The lowest BCUT2D eigenvalue weighted by molar-refractivity contribution is -0.138. The lowest BCUT2D eigenvalue weighted by Crippen LogP contribution is -2.32. The number of aromatic nitrogens is 2. The Morgan fingerprint density at radius 3 is 2.42 bits per heavy atom. The molecule has 26 heavy (non-hydrogen) atoms. The van der Waals surface area contributed by atoms with E-state index in [0.29, 0.717) is 23.5 Å². The van der Waals surface area contributed by atoms with Crippen LogP contribution in [0.1, 0.15) is 31.3 Å². The van der Waals surface area contributed by atoms with Gasteiger partial charge in [-0.2, -0.15) is 18.3 Å². The Morgan fingerprint density at radius 1 is 1.31 bits per heavy atom. The van der Waals surface area contributed by atoms with Crippen molar-refractivity contribution in [3.05, 3.63) is 35.0 Å². The van der Waals surface area contributed by atoms with Crippen molar-refractivity contribution >= 4 is 23.3 Å². The maximum atomic E-state index is 12.6. The number of anilines is 1. The Hall–Kier alpha value is -2.22. The number of halogens is 4. The molecule has 5 nitrogen and oxygen atoms in total. The summed E-state index contributed by atoms with van der Waals surface area (Å²) in [6.45, 7) is 5.21. The van der Waals surface area contributed by atoms with Crippen molar-refractivity contribution in [2.24, 2.45) is 0 Å². The maximum absolute atomic E-state index is 12.6. The van der Waals surface area contributed by atoms with Crippen molar-refractivity contribution in [3.63, 3.8) is 0 Å². The molecule has 2 aromatic rings. The zero-order valence-corrected chi connectivity index (χ0v) is 15.3. The number of nitrogens with one attached hydrogen (secondary N) is 1. The van der Waals surface area contributed by atoms with Gasteiger partial charge in [0.1, 0.15) is 11.1 Å². The second-order valence-electron chi connectivity index (χ2n) is 5.53. The van der Waals surface area contributed by atoms with E-state index in [-0.39, 0.29) is 17.3 Å². The fourth-order valence-electron chi connectivity index (χ4n) is 2.33. The molecule has 0 aliphatic rings. The lowest BCUT2D eigenvalue weighted by atomic mass is 10.1. The van der Waals surface area contributed by atoms with Gasteiger partial charge < -0.3 is 10.1 Å². The van der Waals surface area contributed by atoms with Crippen LogP contribution >= 0.6 is 11.6 Å². The quantitative estimate of drug-likeness (QED) is 0.723. The van der Waals surface area contributed by atoms with Gasteiger partial charge in [0.25, 0.3) is 0 Å². The summed E-state index contributed by atoms with van der Waals surface area (Å²) in [6, 6.07) is 4.61. The Morgan fingerprint density at radius 2 is 1.92 bits per heavy atom. The van der Waals surface area contributed by atoms with E-state index in [1.54, 1.807) is 23.7 Å². The number of benzene rings is 1. The van der Waals surface area contributed by atoms with E-state index in [0.717, 1.165) is 6.92 Å². The van der Waals surface area contributed by atoms with Gasteiger partial charge in [0.2, 0.25) is 0 Å². The number of esters is 1. The summed E-state index contributed by atoms with van der Waals surface area (Å²) in [5.41, 5.74) is 1.47. The van der Waals surface area contributed by atoms with Crippen molar-refractivity contribution in [1.82, 2.24) is 9.78 Å². The first-order chi connectivity index (χ1) is 12.2. The minimum atomic E-state index is -4.34. The summed E-state index contributed by atoms with van der Waals surface area (Å²) in [5, 5.41) is 6.71. The molecule has 0 saturated carbocycles. The fraction of sp³-hybridized carbons (Fsp3) is 0.412. The van der Waals surface area contributed by atoms with Gasteiger partial charge in [-0.1, -0.05) is 23.7 Å². The third kappa shape index (κ3) is 4.30. The molecular weight excluding hydrogens is 371 g/mol. The molecule has 1 heterocycles. The predicted molar refractivity (Wildman–Crippen MR) is 93.4 cm³/mol. The summed E-state index contributed by atoms with van der Waals surface area (Å²) in [4.78, 5) is 11.9. The standard InChI is InChI=1S/C17H19ClF3N3O2/c1-4-24-15(13(18)14(23-24)16(25)26-5-2)11-6-8-12(9-7-11)22-10(3)17(19,20)21/h6-10,22H,4-5H2,1-3H3/t10-/m1/s1. The molecule has 0 fully saturated rings. The van der Waals surface area contributed by atoms with Crippen LogP contribution in [0.4, 0.5) is 18.9 Å². The first-order valence-electron chi connectivity index (χ1n) is 8.06. The van der Waals surface area contributed by atoms with Crippen LogP contribution < -0.4 is 5.32 Å². The van der Waals surface area contributed by atoms with Crippen LogP contribution in [0.5, 0.6) is 0 Å². The molecule has 0 amide bonds. The molecular formula is C17H19ClF3N3O2. The number of hydrogen-bond donors (Lipinski definition) is 1.